The molecule has 1 unspecified atom stereocenters. The van der Waals surface area contributed by atoms with Gasteiger partial charge in [-0.15, -0.1) is 0 Å². The molecule has 0 aliphatic carbocycles. The van der Waals surface area contributed by atoms with Gasteiger partial charge in [-0.25, -0.2) is 4.39 Å². The number of rotatable bonds is 3. The van der Waals surface area contributed by atoms with Gasteiger partial charge in [0.05, 0.1) is 6.54 Å². The standard InChI is InChI=1S/C17H24FN3/c1-3-21-10-9-20(12-14(21)2)13-16-7-6-15(5-4-8-19)11-17(16)18/h6-7,11,14H,3,8-10,12-13,19H2,1-2H3. The second-order valence-electron chi connectivity index (χ2n) is 5.52. The third kappa shape index (κ3) is 4.28. The molecule has 1 aromatic carbocycles. The van der Waals surface area contributed by atoms with Crippen LogP contribution in [0, 0.1) is 17.7 Å². The molecular weight excluding hydrogens is 265 g/mol. The Morgan fingerprint density at radius 2 is 2.19 bits per heavy atom. The van der Waals surface area contributed by atoms with E-state index in [0.717, 1.165) is 31.7 Å². The number of piperazine rings is 1. The van der Waals surface area contributed by atoms with Crippen LogP contribution in [0.3, 0.4) is 0 Å². The maximum atomic E-state index is 14.1. The van der Waals surface area contributed by atoms with Gasteiger partial charge in [0.2, 0.25) is 0 Å². The van der Waals surface area contributed by atoms with Crippen LogP contribution in [0.1, 0.15) is 25.0 Å². The first-order valence-electron chi connectivity index (χ1n) is 7.57. The average molecular weight is 289 g/mol. The van der Waals surface area contributed by atoms with E-state index in [9.17, 15) is 4.39 Å². The van der Waals surface area contributed by atoms with Gasteiger partial charge in [0.15, 0.2) is 0 Å². The molecule has 3 nitrogen and oxygen atoms in total. The number of nitrogens with zero attached hydrogens (tertiary/aromatic N) is 2. The Hall–Kier alpha value is -1.41. The Bertz CT molecular complexity index is 533. The molecule has 1 atom stereocenters. The van der Waals surface area contributed by atoms with Crippen molar-refractivity contribution in [3.8, 4) is 11.8 Å². The molecule has 21 heavy (non-hydrogen) atoms. The lowest BCUT2D eigenvalue weighted by atomic mass is 10.1. The third-order valence-electron chi connectivity index (χ3n) is 4.04. The van der Waals surface area contributed by atoms with Crippen molar-refractivity contribution in [2.75, 3.05) is 32.7 Å². The highest BCUT2D eigenvalue weighted by Gasteiger charge is 2.22. The fraction of sp³-hybridized carbons (Fsp3) is 0.529. The van der Waals surface area contributed by atoms with Crippen molar-refractivity contribution in [2.45, 2.75) is 26.4 Å². The predicted molar refractivity (Wildman–Crippen MR) is 84.3 cm³/mol. The molecule has 2 rings (SSSR count). The summed E-state index contributed by atoms with van der Waals surface area (Å²) in [6, 6.07) is 5.74. The maximum absolute atomic E-state index is 14.1. The average Bonchev–Trinajstić information content (AvgIpc) is 2.48. The minimum atomic E-state index is -0.176. The number of nitrogens with two attached hydrogens (primary N) is 1. The van der Waals surface area contributed by atoms with Crippen molar-refractivity contribution in [1.82, 2.24) is 9.80 Å². The Balaban J connectivity index is 2.00. The first-order chi connectivity index (χ1) is 10.1. The summed E-state index contributed by atoms with van der Waals surface area (Å²) >= 11 is 0. The van der Waals surface area contributed by atoms with Crippen molar-refractivity contribution in [3.05, 3.63) is 35.1 Å². The van der Waals surface area contributed by atoms with Gasteiger partial charge in [0, 0.05) is 43.3 Å². The van der Waals surface area contributed by atoms with E-state index in [1.165, 1.54) is 6.07 Å². The van der Waals surface area contributed by atoms with Crippen molar-refractivity contribution in [3.63, 3.8) is 0 Å². The normalized spacial score (nSPS) is 20.1. The van der Waals surface area contributed by atoms with Crippen LogP contribution < -0.4 is 5.73 Å². The van der Waals surface area contributed by atoms with Gasteiger partial charge >= 0.3 is 0 Å². The van der Waals surface area contributed by atoms with Crippen LogP contribution in [-0.4, -0.2) is 48.6 Å². The molecule has 0 radical (unpaired) electrons. The minimum absolute atomic E-state index is 0.176. The molecule has 1 aliphatic heterocycles. The number of hydrogen-bond acceptors (Lipinski definition) is 3. The van der Waals surface area contributed by atoms with Crippen molar-refractivity contribution < 1.29 is 4.39 Å². The summed E-state index contributed by atoms with van der Waals surface area (Å²) in [7, 11) is 0. The second kappa shape index (κ2) is 7.56. The minimum Gasteiger partial charge on any atom is -0.320 e. The lowest BCUT2D eigenvalue weighted by molar-refractivity contribution is 0.0827. The number of hydrogen-bond donors (Lipinski definition) is 1. The number of halogens is 1. The third-order valence-corrected chi connectivity index (χ3v) is 4.04. The highest BCUT2D eigenvalue weighted by atomic mass is 19.1. The summed E-state index contributed by atoms with van der Waals surface area (Å²) in [4.78, 5) is 4.78. The molecule has 0 bridgehead atoms. The van der Waals surface area contributed by atoms with E-state index in [0.29, 0.717) is 24.7 Å². The summed E-state index contributed by atoms with van der Waals surface area (Å²) in [6.45, 7) is 9.50. The van der Waals surface area contributed by atoms with Gasteiger partial charge in [-0.1, -0.05) is 24.8 Å². The van der Waals surface area contributed by atoms with Crippen LogP contribution in [-0.2, 0) is 6.54 Å². The molecule has 2 N–H and O–H groups in total. The fourth-order valence-corrected chi connectivity index (χ4v) is 2.83. The van der Waals surface area contributed by atoms with Gasteiger partial charge in [-0.3, -0.25) is 9.80 Å². The fourth-order valence-electron chi connectivity index (χ4n) is 2.83. The van der Waals surface area contributed by atoms with Gasteiger partial charge in [0.25, 0.3) is 0 Å². The topological polar surface area (TPSA) is 32.5 Å². The van der Waals surface area contributed by atoms with Gasteiger partial charge in [-0.05, 0) is 25.6 Å². The predicted octanol–water partition coefficient (Wildman–Crippen LogP) is 1.66. The number of benzene rings is 1. The molecule has 114 valence electrons. The molecule has 1 aliphatic rings. The molecule has 1 fully saturated rings. The van der Waals surface area contributed by atoms with Crippen molar-refractivity contribution >= 4 is 0 Å². The first-order valence-corrected chi connectivity index (χ1v) is 7.57. The van der Waals surface area contributed by atoms with Crippen molar-refractivity contribution in [1.29, 1.82) is 0 Å². The largest absolute Gasteiger partial charge is 0.320 e. The SMILES string of the molecule is CCN1CCN(Cc2ccc(C#CCN)cc2F)CC1C. The Morgan fingerprint density at radius 3 is 2.81 bits per heavy atom. The zero-order chi connectivity index (χ0) is 15.2. The highest BCUT2D eigenvalue weighted by molar-refractivity contribution is 5.37. The molecule has 1 heterocycles. The van der Waals surface area contributed by atoms with Crippen LogP contribution in [0.2, 0.25) is 0 Å². The van der Waals surface area contributed by atoms with Crippen molar-refractivity contribution in [2.24, 2.45) is 5.73 Å². The monoisotopic (exact) mass is 289 g/mol. The van der Waals surface area contributed by atoms with Crippen LogP contribution in [0.5, 0.6) is 0 Å². The summed E-state index contributed by atoms with van der Waals surface area (Å²) < 4.78 is 14.1. The summed E-state index contributed by atoms with van der Waals surface area (Å²) in [5.74, 6) is 5.43. The molecule has 0 aromatic heterocycles. The maximum Gasteiger partial charge on any atom is 0.128 e. The Labute approximate surface area is 126 Å². The van der Waals surface area contributed by atoms with E-state index in [1.54, 1.807) is 0 Å². The smallest absolute Gasteiger partial charge is 0.128 e. The molecule has 1 saturated heterocycles. The zero-order valence-electron chi connectivity index (χ0n) is 12.9. The zero-order valence-corrected chi connectivity index (χ0v) is 12.9. The van der Waals surface area contributed by atoms with Crippen LogP contribution >= 0.6 is 0 Å². The van der Waals surface area contributed by atoms with Crippen LogP contribution in [0.25, 0.3) is 0 Å². The molecule has 1 aromatic rings. The van der Waals surface area contributed by atoms with E-state index in [-0.39, 0.29) is 5.82 Å². The molecule has 0 amide bonds. The lowest BCUT2D eigenvalue weighted by Crippen LogP contribution is -2.51. The Kier molecular flexibility index (Phi) is 5.75. The van der Waals surface area contributed by atoms with E-state index in [1.807, 2.05) is 12.1 Å². The molecular formula is C17H24FN3. The molecule has 0 saturated carbocycles. The molecule has 4 heteroatoms. The van der Waals surface area contributed by atoms with E-state index >= 15 is 0 Å². The highest BCUT2D eigenvalue weighted by Crippen LogP contribution is 2.16. The second-order valence-corrected chi connectivity index (χ2v) is 5.52. The van der Waals surface area contributed by atoms with E-state index in [2.05, 4.69) is 35.5 Å². The van der Waals surface area contributed by atoms with Crippen LogP contribution in [0.15, 0.2) is 18.2 Å². The van der Waals surface area contributed by atoms with Crippen LogP contribution in [0.4, 0.5) is 4.39 Å². The summed E-state index contributed by atoms with van der Waals surface area (Å²) in [6.07, 6.45) is 0. The molecule has 0 spiro atoms. The van der Waals surface area contributed by atoms with Gasteiger partial charge < -0.3 is 5.73 Å². The van der Waals surface area contributed by atoms with Gasteiger partial charge in [0.1, 0.15) is 5.82 Å². The summed E-state index contributed by atoms with van der Waals surface area (Å²) in [5.41, 5.74) is 6.75. The first kappa shape index (κ1) is 16.0. The Morgan fingerprint density at radius 1 is 1.38 bits per heavy atom. The quantitative estimate of drug-likeness (QED) is 0.859. The van der Waals surface area contributed by atoms with E-state index in [4.69, 9.17) is 5.73 Å². The van der Waals surface area contributed by atoms with Gasteiger partial charge in [-0.2, -0.15) is 0 Å². The lowest BCUT2D eigenvalue weighted by Gasteiger charge is -2.39. The van der Waals surface area contributed by atoms with E-state index < -0.39 is 0 Å². The number of likely N-dealkylation sites (N-methyl/N-ethyl adjacent to an activating group) is 1. The summed E-state index contributed by atoms with van der Waals surface area (Å²) in [5, 5.41) is 0.